The Morgan fingerprint density at radius 1 is 1.33 bits per heavy atom. The molecule has 0 aromatic carbocycles. The minimum absolute atomic E-state index is 0.0651. The first-order valence-corrected chi connectivity index (χ1v) is 8.72. The number of anilines is 1. The van der Waals surface area contributed by atoms with Gasteiger partial charge in [0.25, 0.3) is 0 Å². The molecule has 8 heteroatoms. The van der Waals surface area contributed by atoms with Crippen molar-refractivity contribution in [2.24, 2.45) is 0 Å². The summed E-state index contributed by atoms with van der Waals surface area (Å²) in [5, 5.41) is 16.7. The first-order chi connectivity index (χ1) is 9.91. The molecule has 1 fully saturated rings. The lowest BCUT2D eigenvalue weighted by Crippen LogP contribution is -2.13. The molecule has 21 heavy (non-hydrogen) atoms. The van der Waals surface area contributed by atoms with Gasteiger partial charge >= 0.3 is 0 Å². The number of thioether (sulfide) groups is 1. The average Bonchev–Trinajstić information content (AvgIpc) is 2.91. The van der Waals surface area contributed by atoms with E-state index in [2.05, 4.69) is 46.4 Å². The summed E-state index contributed by atoms with van der Waals surface area (Å²) >= 11 is 3.17. The first kappa shape index (κ1) is 14.8. The van der Waals surface area contributed by atoms with Crippen molar-refractivity contribution in [2.75, 3.05) is 5.32 Å². The summed E-state index contributed by atoms with van der Waals surface area (Å²) in [6.07, 6.45) is 2.46. The lowest BCUT2D eigenvalue weighted by molar-refractivity contribution is 0.364. The highest BCUT2D eigenvalue weighted by atomic mass is 32.2. The van der Waals surface area contributed by atoms with Crippen LogP contribution < -0.4 is 5.32 Å². The molecule has 0 spiro atoms. The van der Waals surface area contributed by atoms with Crippen LogP contribution in [-0.4, -0.2) is 26.4 Å². The summed E-state index contributed by atoms with van der Waals surface area (Å²) in [5.41, 5.74) is -0.101. The molecule has 2 heterocycles. The van der Waals surface area contributed by atoms with Crippen LogP contribution in [0.2, 0.25) is 0 Å². The van der Waals surface area contributed by atoms with E-state index in [4.69, 9.17) is 4.52 Å². The predicted molar refractivity (Wildman–Crippen MR) is 83.8 cm³/mol. The summed E-state index contributed by atoms with van der Waals surface area (Å²) in [6.45, 7) is 8.25. The summed E-state index contributed by atoms with van der Waals surface area (Å²) in [7, 11) is 0. The van der Waals surface area contributed by atoms with Crippen LogP contribution in [0.4, 0.5) is 5.13 Å². The van der Waals surface area contributed by atoms with E-state index in [0.717, 1.165) is 15.3 Å². The van der Waals surface area contributed by atoms with Gasteiger partial charge in [0.05, 0.1) is 5.25 Å². The third-order valence-electron chi connectivity index (χ3n) is 3.05. The number of aromatic nitrogens is 4. The first-order valence-electron chi connectivity index (χ1n) is 7.02. The monoisotopic (exact) mass is 325 g/mol. The van der Waals surface area contributed by atoms with E-state index in [-0.39, 0.29) is 10.7 Å². The second-order valence-electron chi connectivity index (χ2n) is 6.26. The molecule has 114 valence electrons. The van der Waals surface area contributed by atoms with Gasteiger partial charge in [0.1, 0.15) is 0 Å². The van der Waals surface area contributed by atoms with Crippen LogP contribution >= 0.6 is 23.1 Å². The summed E-state index contributed by atoms with van der Waals surface area (Å²) < 4.78 is 6.28. The van der Waals surface area contributed by atoms with E-state index in [1.54, 1.807) is 23.1 Å². The molecule has 0 aliphatic heterocycles. The van der Waals surface area contributed by atoms with Gasteiger partial charge in [0, 0.05) is 11.5 Å². The molecule has 0 bridgehead atoms. The minimum atomic E-state index is -0.101. The Kier molecular flexibility index (Phi) is 3.92. The number of hydrogen-bond donors (Lipinski definition) is 1. The fourth-order valence-electron chi connectivity index (χ4n) is 1.62. The molecule has 1 aliphatic carbocycles. The van der Waals surface area contributed by atoms with E-state index in [0.29, 0.717) is 11.9 Å². The van der Waals surface area contributed by atoms with Crippen molar-refractivity contribution < 1.29 is 4.52 Å². The summed E-state index contributed by atoms with van der Waals surface area (Å²) in [6, 6.07) is 0.596. The van der Waals surface area contributed by atoms with Gasteiger partial charge in [-0.15, -0.1) is 10.2 Å². The van der Waals surface area contributed by atoms with E-state index in [1.807, 2.05) is 6.92 Å². The van der Waals surface area contributed by atoms with Gasteiger partial charge in [0.15, 0.2) is 10.2 Å². The summed E-state index contributed by atoms with van der Waals surface area (Å²) in [4.78, 5) is 4.48. The number of nitrogens with one attached hydrogen (secondary N) is 1. The van der Waals surface area contributed by atoms with Crippen molar-refractivity contribution in [1.82, 2.24) is 20.3 Å². The zero-order chi connectivity index (χ0) is 15.0. The molecule has 1 atom stereocenters. The molecule has 1 aliphatic rings. The molecule has 0 amide bonds. The third-order valence-corrected chi connectivity index (χ3v) is 5.08. The normalized spacial score (nSPS) is 17.0. The highest BCUT2D eigenvalue weighted by molar-refractivity contribution is 8.01. The zero-order valence-corrected chi connectivity index (χ0v) is 14.2. The van der Waals surface area contributed by atoms with Gasteiger partial charge in [0.2, 0.25) is 11.0 Å². The minimum Gasteiger partial charge on any atom is -0.357 e. The number of rotatable bonds is 5. The number of hydrogen-bond acceptors (Lipinski definition) is 8. The van der Waals surface area contributed by atoms with Crippen LogP contribution in [0.1, 0.15) is 57.5 Å². The molecule has 2 aromatic rings. The van der Waals surface area contributed by atoms with Gasteiger partial charge in [-0.2, -0.15) is 4.98 Å². The highest BCUT2D eigenvalue weighted by Gasteiger charge is 2.25. The predicted octanol–water partition coefficient (Wildman–Crippen LogP) is 3.65. The lowest BCUT2D eigenvalue weighted by atomic mass is 9.96. The Labute approximate surface area is 132 Å². The maximum absolute atomic E-state index is 5.37. The largest absolute Gasteiger partial charge is 0.357 e. The van der Waals surface area contributed by atoms with E-state index >= 15 is 0 Å². The molecule has 1 saturated carbocycles. The van der Waals surface area contributed by atoms with Crippen molar-refractivity contribution in [3.05, 3.63) is 11.7 Å². The third kappa shape index (κ3) is 3.74. The SMILES string of the molecule is CC(Sc1nnc(NC2CC2)s1)c1nc(C(C)(C)C)no1. The Bertz CT molecular complexity index is 614. The number of nitrogens with zero attached hydrogens (tertiary/aromatic N) is 4. The molecule has 1 N–H and O–H groups in total. The van der Waals surface area contributed by atoms with Crippen LogP contribution in [0, 0.1) is 0 Å². The van der Waals surface area contributed by atoms with Crippen molar-refractivity contribution in [3.63, 3.8) is 0 Å². The Hall–Kier alpha value is -1.15. The van der Waals surface area contributed by atoms with Crippen LogP contribution in [0.15, 0.2) is 8.86 Å². The lowest BCUT2D eigenvalue weighted by Gasteiger charge is -2.11. The second kappa shape index (κ2) is 5.57. The molecule has 2 aromatic heterocycles. The molecule has 6 nitrogen and oxygen atoms in total. The average molecular weight is 325 g/mol. The Balaban J connectivity index is 1.63. The standard InChI is InChI=1S/C13H19N5OS2/c1-7(9-15-10(18-19-9)13(2,3)4)20-12-17-16-11(21-12)14-8-5-6-8/h7-8H,5-6H2,1-4H3,(H,14,16). The van der Waals surface area contributed by atoms with Crippen LogP contribution in [-0.2, 0) is 5.41 Å². The summed E-state index contributed by atoms with van der Waals surface area (Å²) in [5.74, 6) is 1.37. The van der Waals surface area contributed by atoms with Gasteiger partial charge in [-0.3, -0.25) is 0 Å². The quantitative estimate of drug-likeness (QED) is 0.841. The maximum Gasteiger partial charge on any atom is 0.239 e. The van der Waals surface area contributed by atoms with Crippen molar-refractivity contribution in [1.29, 1.82) is 0 Å². The van der Waals surface area contributed by atoms with E-state index in [9.17, 15) is 0 Å². The van der Waals surface area contributed by atoms with E-state index < -0.39 is 0 Å². The van der Waals surface area contributed by atoms with Gasteiger partial charge in [-0.05, 0) is 19.8 Å². The molecular weight excluding hydrogens is 306 g/mol. The Morgan fingerprint density at radius 2 is 2.10 bits per heavy atom. The smallest absolute Gasteiger partial charge is 0.239 e. The van der Waals surface area contributed by atoms with Crippen molar-refractivity contribution >= 4 is 28.2 Å². The molecule has 0 radical (unpaired) electrons. The van der Waals surface area contributed by atoms with Crippen LogP contribution in [0.3, 0.4) is 0 Å². The topological polar surface area (TPSA) is 76.7 Å². The van der Waals surface area contributed by atoms with Crippen molar-refractivity contribution in [2.45, 2.75) is 61.6 Å². The molecular formula is C13H19N5OS2. The van der Waals surface area contributed by atoms with Gasteiger partial charge < -0.3 is 9.84 Å². The molecule has 1 unspecified atom stereocenters. The van der Waals surface area contributed by atoms with Gasteiger partial charge in [-0.1, -0.05) is 49.0 Å². The Morgan fingerprint density at radius 3 is 2.71 bits per heavy atom. The second-order valence-corrected chi connectivity index (χ2v) is 8.82. The fraction of sp³-hybridized carbons (Fsp3) is 0.692. The van der Waals surface area contributed by atoms with Crippen LogP contribution in [0.5, 0.6) is 0 Å². The van der Waals surface area contributed by atoms with E-state index in [1.165, 1.54) is 12.8 Å². The molecule has 3 rings (SSSR count). The van der Waals surface area contributed by atoms with Gasteiger partial charge in [-0.25, -0.2) is 0 Å². The highest BCUT2D eigenvalue weighted by Crippen LogP contribution is 2.38. The van der Waals surface area contributed by atoms with Crippen LogP contribution in [0.25, 0.3) is 0 Å². The molecule has 0 saturated heterocycles. The fourth-order valence-corrected chi connectivity index (χ4v) is 3.63. The maximum atomic E-state index is 5.37. The van der Waals surface area contributed by atoms with Crippen molar-refractivity contribution in [3.8, 4) is 0 Å². The zero-order valence-electron chi connectivity index (χ0n) is 12.6.